The number of carbonyl (C=O) groups excluding carboxylic acids is 1. The van der Waals surface area contributed by atoms with Crippen molar-refractivity contribution in [2.24, 2.45) is 5.41 Å². The first kappa shape index (κ1) is 12.9. The highest BCUT2D eigenvalue weighted by atomic mass is 35.5. The van der Waals surface area contributed by atoms with E-state index in [9.17, 15) is 9.59 Å². The molecule has 1 aromatic carbocycles. The zero-order chi connectivity index (χ0) is 13.3. The topological polar surface area (TPSA) is 66.4 Å². The van der Waals surface area contributed by atoms with Gasteiger partial charge in [0.1, 0.15) is 0 Å². The molecule has 2 N–H and O–H groups in total. The van der Waals surface area contributed by atoms with Crippen LogP contribution in [0.4, 0.5) is 0 Å². The maximum atomic E-state index is 11.7. The molecule has 5 heteroatoms. The summed E-state index contributed by atoms with van der Waals surface area (Å²) < 4.78 is 0. The van der Waals surface area contributed by atoms with Crippen LogP contribution in [-0.4, -0.2) is 17.0 Å². The zero-order valence-corrected chi connectivity index (χ0v) is 10.8. The Morgan fingerprint density at radius 2 is 2.11 bits per heavy atom. The van der Waals surface area contributed by atoms with E-state index in [-0.39, 0.29) is 21.9 Å². The van der Waals surface area contributed by atoms with Crippen molar-refractivity contribution in [3.63, 3.8) is 0 Å². The first-order valence-electron chi connectivity index (χ1n) is 5.72. The summed E-state index contributed by atoms with van der Waals surface area (Å²) in [4.78, 5) is 22.6. The molecule has 0 saturated heterocycles. The lowest BCUT2D eigenvalue weighted by molar-refractivity contribution is -0.125. The summed E-state index contributed by atoms with van der Waals surface area (Å²) in [7, 11) is 0. The van der Waals surface area contributed by atoms with Crippen molar-refractivity contribution in [3.05, 3.63) is 34.3 Å². The minimum Gasteiger partial charge on any atom is -0.478 e. The van der Waals surface area contributed by atoms with Gasteiger partial charge in [0.15, 0.2) is 0 Å². The Morgan fingerprint density at radius 3 is 2.67 bits per heavy atom. The maximum absolute atomic E-state index is 11.7. The Hall–Kier alpha value is -1.55. The highest BCUT2D eigenvalue weighted by molar-refractivity contribution is 6.33. The van der Waals surface area contributed by atoms with Crippen LogP contribution in [-0.2, 0) is 11.3 Å². The van der Waals surface area contributed by atoms with Crippen LogP contribution in [0, 0.1) is 5.41 Å². The highest BCUT2D eigenvalue weighted by Crippen LogP contribution is 2.45. The molecular weight excluding hydrogens is 254 g/mol. The summed E-state index contributed by atoms with van der Waals surface area (Å²) in [6.07, 6.45) is 1.83. The maximum Gasteiger partial charge on any atom is 0.337 e. The number of carbonyl (C=O) groups is 2. The zero-order valence-electron chi connectivity index (χ0n) is 10.00. The van der Waals surface area contributed by atoms with Crippen LogP contribution in [0.25, 0.3) is 0 Å². The lowest BCUT2D eigenvalue weighted by atomic mass is 10.1. The van der Waals surface area contributed by atoms with Crippen molar-refractivity contribution in [1.29, 1.82) is 0 Å². The van der Waals surface area contributed by atoms with Crippen LogP contribution in [0.15, 0.2) is 18.2 Å². The second-order valence-electron chi connectivity index (χ2n) is 4.86. The predicted octanol–water partition coefficient (Wildman–Crippen LogP) is 2.45. The van der Waals surface area contributed by atoms with Crippen LogP contribution in [0.2, 0.25) is 5.02 Å². The average Bonchev–Trinajstić information content (AvgIpc) is 3.07. The SMILES string of the molecule is CC1(C(=O)NCc2ccc(Cl)c(C(=O)O)c2)CC1. The molecule has 0 aliphatic heterocycles. The van der Waals surface area contributed by atoms with E-state index < -0.39 is 5.97 Å². The number of amides is 1. The Balaban J connectivity index is 2.03. The van der Waals surface area contributed by atoms with E-state index in [0.29, 0.717) is 6.54 Å². The molecule has 1 saturated carbocycles. The monoisotopic (exact) mass is 267 g/mol. The van der Waals surface area contributed by atoms with Gasteiger partial charge in [0, 0.05) is 12.0 Å². The third-order valence-electron chi connectivity index (χ3n) is 3.26. The number of aromatic carboxylic acids is 1. The molecule has 0 heterocycles. The molecule has 0 bridgehead atoms. The minimum atomic E-state index is -1.07. The standard InChI is InChI=1S/C13H14ClNO3/c1-13(4-5-13)12(18)15-7-8-2-3-10(14)9(6-8)11(16)17/h2-3,6H,4-5,7H2,1H3,(H,15,18)(H,16,17). The van der Waals surface area contributed by atoms with Crippen molar-refractivity contribution in [1.82, 2.24) is 5.32 Å². The van der Waals surface area contributed by atoms with E-state index in [1.54, 1.807) is 6.07 Å². The van der Waals surface area contributed by atoms with E-state index in [1.807, 2.05) is 6.92 Å². The van der Waals surface area contributed by atoms with Gasteiger partial charge in [-0.05, 0) is 30.5 Å². The Bertz CT molecular complexity index is 509. The first-order chi connectivity index (χ1) is 8.42. The van der Waals surface area contributed by atoms with Gasteiger partial charge >= 0.3 is 5.97 Å². The quantitative estimate of drug-likeness (QED) is 0.881. The lowest BCUT2D eigenvalue weighted by Gasteiger charge is -2.10. The van der Waals surface area contributed by atoms with Gasteiger partial charge < -0.3 is 10.4 Å². The van der Waals surface area contributed by atoms with E-state index >= 15 is 0 Å². The van der Waals surface area contributed by atoms with E-state index in [0.717, 1.165) is 18.4 Å². The Kier molecular flexibility index (Phi) is 3.30. The van der Waals surface area contributed by atoms with Crippen LogP contribution < -0.4 is 5.32 Å². The second kappa shape index (κ2) is 4.61. The predicted molar refractivity (Wildman–Crippen MR) is 67.6 cm³/mol. The number of halogens is 1. The molecule has 0 unspecified atom stereocenters. The largest absolute Gasteiger partial charge is 0.478 e. The highest BCUT2D eigenvalue weighted by Gasteiger charge is 2.44. The van der Waals surface area contributed by atoms with E-state index in [1.165, 1.54) is 12.1 Å². The number of hydrogen-bond acceptors (Lipinski definition) is 2. The number of carboxylic acids is 1. The fraction of sp³-hybridized carbons (Fsp3) is 0.385. The average molecular weight is 268 g/mol. The molecule has 1 aliphatic rings. The summed E-state index contributed by atoms with van der Waals surface area (Å²) in [5.74, 6) is -1.04. The molecule has 4 nitrogen and oxygen atoms in total. The summed E-state index contributed by atoms with van der Waals surface area (Å²) in [6, 6.07) is 4.73. The molecule has 0 aromatic heterocycles. The van der Waals surface area contributed by atoms with Crippen LogP contribution >= 0.6 is 11.6 Å². The molecule has 96 valence electrons. The van der Waals surface area contributed by atoms with Crippen molar-refractivity contribution >= 4 is 23.5 Å². The number of hydrogen-bond donors (Lipinski definition) is 2. The normalized spacial score (nSPS) is 16.1. The van der Waals surface area contributed by atoms with E-state index in [2.05, 4.69) is 5.32 Å². The third kappa shape index (κ3) is 2.64. The molecule has 1 aliphatic carbocycles. The van der Waals surface area contributed by atoms with Crippen LogP contribution in [0.3, 0.4) is 0 Å². The van der Waals surface area contributed by atoms with Gasteiger partial charge in [-0.3, -0.25) is 4.79 Å². The van der Waals surface area contributed by atoms with Crippen molar-refractivity contribution in [2.75, 3.05) is 0 Å². The van der Waals surface area contributed by atoms with Crippen molar-refractivity contribution in [3.8, 4) is 0 Å². The molecule has 1 fully saturated rings. The van der Waals surface area contributed by atoms with Crippen LogP contribution in [0.5, 0.6) is 0 Å². The van der Waals surface area contributed by atoms with Gasteiger partial charge in [-0.25, -0.2) is 4.79 Å². The molecule has 2 rings (SSSR count). The molecular formula is C13H14ClNO3. The molecule has 0 atom stereocenters. The molecule has 1 aromatic rings. The van der Waals surface area contributed by atoms with Gasteiger partial charge in [-0.1, -0.05) is 24.6 Å². The van der Waals surface area contributed by atoms with Crippen molar-refractivity contribution in [2.45, 2.75) is 26.3 Å². The van der Waals surface area contributed by atoms with Gasteiger partial charge in [0.2, 0.25) is 5.91 Å². The number of carboxylic acid groups (broad SMARTS) is 1. The summed E-state index contributed by atoms with van der Waals surface area (Å²) in [5, 5.41) is 11.9. The number of nitrogens with one attached hydrogen (secondary N) is 1. The lowest BCUT2D eigenvalue weighted by Crippen LogP contribution is -2.29. The van der Waals surface area contributed by atoms with Gasteiger partial charge in [0.25, 0.3) is 0 Å². The summed E-state index contributed by atoms with van der Waals surface area (Å²) in [6.45, 7) is 2.25. The number of benzene rings is 1. The molecule has 1 amide bonds. The Labute approximate surface area is 110 Å². The van der Waals surface area contributed by atoms with Crippen LogP contribution in [0.1, 0.15) is 35.7 Å². The molecule has 18 heavy (non-hydrogen) atoms. The minimum absolute atomic E-state index is 0.0225. The third-order valence-corrected chi connectivity index (χ3v) is 3.59. The van der Waals surface area contributed by atoms with Gasteiger partial charge in [-0.15, -0.1) is 0 Å². The van der Waals surface area contributed by atoms with Crippen molar-refractivity contribution < 1.29 is 14.7 Å². The molecule has 0 spiro atoms. The van der Waals surface area contributed by atoms with Gasteiger partial charge in [0.05, 0.1) is 10.6 Å². The van der Waals surface area contributed by atoms with Gasteiger partial charge in [-0.2, -0.15) is 0 Å². The summed E-state index contributed by atoms with van der Waals surface area (Å²) in [5.41, 5.74) is 0.567. The Morgan fingerprint density at radius 1 is 1.44 bits per heavy atom. The smallest absolute Gasteiger partial charge is 0.337 e. The number of rotatable bonds is 4. The fourth-order valence-corrected chi connectivity index (χ4v) is 1.85. The second-order valence-corrected chi connectivity index (χ2v) is 5.27. The fourth-order valence-electron chi connectivity index (χ4n) is 1.66. The first-order valence-corrected chi connectivity index (χ1v) is 6.10. The molecule has 0 radical (unpaired) electrons. The summed E-state index contributed by atoms with van der Waals surface area (Å²) >= 11 is 5.77. The van der Waals surface area contributed by atoms with E-state index in [4.69, 9.17) is 16.7 Å².